The Balaban J connectivity index is 1.95. The fourth-order valence-electron chi connectivity index (χ4n) is 2.87. The average molecular weight is 325 g/mol. The molecule has 1 aromatic carbocycles. The van der Waals surface area contributed by atoms with E-state index < -0.39 is 5.97 Å². The van der Waals surface area contributed by atoms with Crippen molar-refractivity contribution in [2.45, 2.75) is 45.2 Å². The third kappa shape index (κ3) is 3.71. The second kappa shape index (κ2) is 7.01. The van der Waals surface area contributed by atoms with Crippen molar-refractivity contribution in [2.75, 3.05) is 12.3 Å². The van der Waals surface area contributed by atoms with Crippen molar-refractivity contribution in [1.29, 1.82) is 0 Å². The maximum Gasteiger partial charge on any atom is 0.338 e. The highest BCUT2D eigenvalue weighted by Gasteiger charge is 2.29. The van der Waals surface area contributed by atoms with Gasteiger partial charge in [0.25, 0.3) is 5.91 Å². The van der Waals surface area contributed by atoms with Crippen LogP contribution in [-0.2, 0) is 9.53 Å². The van der Waals surface area contributed by atoms with E-state index in [1.807, 2.05) is 18.7 Å². The van der Waals surface area contributed by atoms with Gasteiger partial charge in [-0.05, 0) is 51.3 Å². The van der Waals surface area contributed by atoms with Gasteiger partial charge >= 0.3 is 5.97 Å². The first-order valence-electron chi connectivity index (χ1n) is 7.43. The summed E-state index contributed by atoms with van der Waals surface area (Å²) in [5.41, 5.74) is 6.25. The van der Waals surface area contributed by atoms with Crippen molar-refractivity contribution < 1.29 is 14.3 Å². The monoisotopic (exact) mass is 324 g/mol. The maximum atomic E-state index is 12.3. The van der Waals surface area contributed by atoms with E-state index in [9.17, 15) is 9.59 Å². The second-order valence-electron chi connectivity index (χ2n) is 5.74. The predicted molar refractivity (Wildman–Crippen MR) is 85.8 cm³/mol. The summed E-state index contributed by atoms with van der Waals surface area (Å²) in [6, 6.07) is 4.87. The molecule has 0 radical (unpaired) electrons. The summed E-state index contributed by atoms with van der Waals surface area (Å²) >= 11 is 5.81. The Labute approximate surface area is 135 Å². The molecule has 1 aliphatic rings. The largest absolute Gasteiger partial charge is 0.452 e. The van der Waals surface area contributed by atoms with Crippen LogP contribution < -0.4 is 5.73 Å². The van der Waals surface area contributed by atoms with Gasteiger partial charge in [-0.3, -0.25) is 4.79 Å². The Bertz CT molecular complexity index is 567. The third-order valence-electron chi connectivity index (χ3n) is 4.04. The zero-order valence-corrected chi connectivity index (χ0v) is 13.6. The molecule has 6 heteroatoms. The Morgan fingerprint density at radius 3 is 2.55 bits per heavy atom. The minimum Gasteiger partial charge on any atom is -0.452 e. The Hall–Kier alpha value is -1.75. The van der Waals surface area contributed by atoms with Crippen molar-refractivity contribution >= 4 is 29.2 Å². The quantitative estimate of drug-likeness (QED) is 0.685. The number of nitrogens with zero attached hydrogens (tertiary/aromatic N) is 1. The van der Waals surface area contributed by atoms with E-state index in [-0.39, 0.29) is 30.2 Å². The number of piperidine rings is 1. The van der Waals surface area contributed by atoms with E-state index >= 15 is 0 Å². The highest BCUT2D eigenvalue weighted by molar-refractivity contribution is 6.33. The number of amides is 1. The Kier molecular flexibility index (Phi) is 5.29. The van der Waals surface area contributed by atoms with Gasteiger partial charge in [0, 0.05) is 12.1 Å². The number of halogens is 1. The smallest absolute Gasteiger partial charge is 0.338 e. The van der Waals surface area contributed by atoms with Gasteiger partial charge in [-0.2, -0.15) is 0 Å². The molecule has 1 aromatic rings. The zero-order valence-electron chi connectivity index (χ0n) is 12.8. The first-order chi connectivity index (χ1) is 10.4. The summed E-state index contributed by atoms with van der Waals surface area (Å²) in [5.74, 6) is -0.732. The number of nitrogen functional groups attached to an aromatic ring is 1. The molecule has 1 saturated heterocycles. The molecule has 5 nitrogen and oxygen atoms in total. The van der Waals surface area contributed by atoms with Crippen LogP contribution in [0.1, 0.15) is 43.5 Å². The molecule has 1 amide bonds. The Morgan fingerprint density at radius 2 is 1.95 bits per heavy atom. The summed E-state index contributed by atoms with van der Waals surface area (Å²) in [6.07, 6.45) is 3.09. The van der Waals surface area contributed by atoms with Crippen LogP contribution in [0.2, 0.25) is 5.02 Å². The number of ether oxygens (including phenoxy) is 1. The Morgan fingerprint density at radius 1 is 1.32 bits per heavy atom. The first-order valence-corrected chi connectivity index (χ1v) is 7.81. The molecule has 2 rings (SSSR count). The summed E-state index contributed by atoms with van der Waals surface area (Å²) in [5, 5.41) is 0.378. The number of anilines is 1. The van der Waals surface area contributed by atoms with Crippen molar-refractivity contribution in [3.63, 3.8) is 0 Å². The number of rotatable bonds is 3. The number of carbonyl (C=O) groups is 2. The fourth-order valence-corrected chi connectivity index (χ4v) is 2.99. The lowest BCUT2D eigenvalue weighted by Gasteiger charge is -2.38. The van der Waals surface area contributed by atoms with Crippen LogP contribution in [0.3, 0.4) is 0 Å². The lowest BCUT2D eigenvalue weighted by Crippen LogP contribution is -2.49. The molecule has 1 fully saturated rings. The number of benzene rings is 1. The van der Waals surface area contributed by atoms with Crippen molar-refractivity contribution in [1.82, 2.24) is 4.90 Å². The molecule has 1 heterocycles. The topological polar surface area (TPSA) is 72.6 Å². The van der Waals surface area contributed by atoms with Gasteiger partial charge in [-0.1, -0.05) is 11.6 Å². The number of carbonyl (C=O) groups excluding carboxylic acids is 2. The van der Waals surface area contributed by atoms with Crippen LogP contribution in [0.4, 0.5) is 5.69 Å². The SMILES string of the molecule is CC1CCCC(C)N1C(=O)COC(=O)c1ccc(Cl)c(N)c1. The minimum absolute atomic E-state index is 0.157. The van der Waals surface area contributed by atoms with Crippen LogP contribution in [0.25, 0.3) is 0 Å². The molecular formula is C16H21ClN2O3. The highest BCUT2D eigenvalue weighted by atomic mass is 35.5. The van der Waals surface area contributed by atoms with Crippen molar-refractivity contribution in [3.05, 3.63) is 28.8 Å². The van der Waals surface area contributed by atoms with Gasteiger partial charge in [-0.25, -0.2) is 4.79 Å². The summed E-state index contributed by atoms with van der Waals surface area (Å²) < 4.78 is 5.11. The molecule has 2 N–H and O–H groups in total. The molecule has 0 saturated carbocycles. The summed E-state index contributed by atoms with van der Waals surface area (Å²) in [7, 11) is 0. The van der Waals surface area contributed by atoms with E-state index in [4.69, 9.17) is 22.1 Å². The molecule has 0 aliphatic carbocycles. The predicted octanol–water partition coefficient (Wildman–Crippen LogP) is 2.87. The van der Waals surface area contributed by atoms with Crippen LogP contribution in [-0.4, -0.2) is 35.5 Å². The fraction of sp³-hybridized carbons (Fsp3) is 0.500. The number of esters is 1. The third-order valence-corrected chi connectivity index (χ3v) is 4.38. The molecule has 0 bridgehead atoms. The van der Waals surface area contributed by atoms with E-state index in [2.05, 4.69) is 0 Å². The lowest BCUT2D eigenvalue weighted by atomic mass is 9.97. The first kappa shape index (κ1) is 16.6. The summed E-state index contributed by atoms with van der Waals surface area (Å²) in [4.78, 5) is 26.1. The van der Waals surface area contributed by atoms with Gasteiger partial charge in [0.15, 0.2) is 6.61 Å². The number of likely N-dealkylation sites (tertiary alicyclic amines) is 1. The molecule has 1 aliphatic heterocycles. The van der Waals surface area contributed by atoms with Gasteiger partial charge < -0.3 is 15.4 Å². The molecule has 0 spiro atoms. The van der Waals surface area contributed by atoms with Crippen LogP contribution in [0.15, 0.2) is 18.2 Å². The van der Waals surface area contributed by atoms with Crippen molar-refractivity contribution in [2.24, 2.45) is 0 Å². The van der Waals surface area contributed by atoms with Gasteiger partial charge in [0.1, 0.15) is 0 Å². The summed E-state index contributed by atoms with van der Waals surface area (Å²) in [6.45, 7) is 3.79. The molecule has 2 unspecified atom stereocenters. The van der Waals surface area contributed by atoms with Crippen LogP contribution >= 0.6 is 11.6 Å². The van der Waals surface area contributed by atoms with Gasteiger partial charge in [0.2, 0.25) is 0 Å². The molecular weight excluding hydrogens is 304 g/mol. The molecule has 120 valence electrons. The standard InChI is InChI=1S/C16H21ClN2O3/c1-10-4-3-5-11(2)19(10)15(20)9-22-16(21)12-6-7-13(17)14(18)8-12/h6-8,10-11H,3-5,9,18H2,1-2H3. The molecule has 22 heavy (non-hydrogen) atoms. The van der Waals surface area contributed by atoms with Crippen LogP contribution in [0, 0.1) is 0 Å². The number of hydrogen-bond donors (Lipinski definition) is 1. The van der Waals surface area contributed by atoms with E-state index in [0.29, 0.717) is 10.7 Å². The average Bonchev–Trinajstić information content (AvgIpc) is 2.47. The molecule has 0 aromatic heterocycles. The van der Waals surface area contributed by atoms with Gasteiger partial charge in [-0.15, -0.1) is 0 Å². The van der Waals surface area contributed by atoms with E-state index in [1.165, 1.54) is 18.2 Å². The minimum atomic E-state index is -0.575. The second-order valence-corrected chi connectivity index (χ2v) is 6.15. The van der Waals surface area contributed by atoms with Crippen LogP contribution in [0.5, 0.6) is 0 Å². The lowest BCUT2D eigenvalue weighted by molar-refractivity contribution is -0.140. The normalized spacial score (nSPS) is 21.5. The maximum absolute atomic E-state index is 12.3. The highest BCUT2D eigenvalue weighted by Crippen LogP contribution is 2.23. The zero-order chi connectivity index (χ0) is 16.3. The van der Waals surface area contributed by atoms with E-state index in [0.717, 1.165) is 19.3 Å². The number of hydrogen-bond acceptors (Lipinski definition) is 4. The van der Waals surface area contributed by atoms with Gasteiger partial charge in [0.05, 0.1) is 16.3 Å². The van der Waals surface area contributed by atoms with Crippen molar-refractivity contribution in [3.8, 4) is 0 Å². The number of nitrogens with two attached hydrogens (primary N) is 1. The molecule has 2 atom stereocenters. The van der Waals surface area contributed by atoms with E-state index in [1.54, 1.807) is 0 Å².